The van der Waals surface area contributed by atoms with Gasteiger partial charge in [-0.2, -0.15) is 4.57 Å². The summed E-state index contributed by atoms with van der Waals surface area (Å²) < 4.78 is 45.4. The van der Waals surface area contributed by atoms with Crippen LogP contribution in [0.3, 0.4) is 0 Å². The number of aromatic nitrogens is 1. The van der Waals surface area contributed by atoms with E-state index in [1.807, 2.05) is 6.92 Å². The van der Waals surface area contributed by atoms with Gasteiger partial charge in [-0.3, -0.25) is 0 Å². The second kappa shape index (κ2) is 25.7. The number of hydrogen-bond donors (Lipinski definition) is 0. The topological polar surface area (TPSA) is 79.5 Å². The molecule has 0 bridgehead atoms. The van der Waals surface area contributed by atoms with E-state index in [0.717, 1.165) is 37.8 Å². The molecule has 0 saturated carbocycles. The number of hydrogen-bond acceptors (Lipinski definition) is 6. The summed E-state index contributed by atoms with van der Waals surface area (Å²) in [6.07, 6.45) is 30.3. The van der Waals surface area contributed by atoms with Crippen molar-refractivity contribution >= 4 is 21.5 Å². The maximum absolute atomic E-state index is 10.4. The van der Waals surface area contributed by atoms with Crippen LogP contribution in [0.25, 0.3) is 0 Å². The standard InChI is InChI=1S/C30H56NO2S.C7H8O3S/c1-2-3-4-5-6-7-8-9-10-11-12-13-14-17-20-29-25-30(33-26-29)27-32-23-19-16-15-18-21-31-22-24-34-28-31;1-6-2-4-7(5-3-6)11(8,9)10/h22,24,28-30H,2-21,23,25-27H2,1H3;2-5H,1H3,(H,8,9,10)/q+1;/p-1. The van der Waals surface area contributed by atoms with Crippen molar-refractivity contribution in [1.29, 1.82) is 0 Å². The van der Waals surface area contributed by atoms with Crippen LogP contribution in [0.5, 0.6) is 0 Å². The van der Waals surface area contributed by atoms with Crippen LogP contribution in [0.4, 0.5) is 0 Å². The second-order valence-electron chi connectivity index (χ2n) is 13.0. The van der Waals surface area contributed by atoms with E-state index in [-0.39, 0.29) is 4.90 Å². The van der Waals surface area contributed by atoms with Gasteiger partial charge in [0.2, 0.25) is 5.51 Å². The third-order valence-electron chi connectivity index (χ3n) is 8.73. The molecule has 0 amide bonds. The smallest absolute Gasteiger partial charge is 0.224 e. The SMILES string of the molecule is CCCCCCCCCCCCCCCCC1COC(COCCCCCC[n+]2ccsc2)C1.Cc1ccc(S(=O)(=O)[O-])cc1. The van der Waals surface area contributed by atoms with E-state index in [4.69, 9.17) is 9.47 Å². The van der Waals surface area contributed by atoms with Crippen LogP contribution in [0.15, 0.2) is 46.2 Å². The van der Waals surface area contributed by atoms with Crippen molar-refractivity contribution < 1.29 is 27.0 Å². The van der Waals surface area contributed by atoms with E-state index in [1.165, 1.54) is 141 Å². The summed E-state index contributed by atoms with van der Waals surface area (Å²) >= 11 is 1.77. The van der Waals surface area contributed by atoms with Gasteiger partial charge in [0.15, 0.2) is 6.20 Å². The number of thiazole rings is 1. The van der Waals surface area contributed by atoms with Crippen LogP contribution in [-0.2, 0) is 26.1 Å². The van der Waals surface area contributed by atoms with Gasteiger partial charge in [-0.25, -0.2) is 8.42 Å². The van der Waals surface area contributed by atoms with E-state index in [2.05, 4.69) is 28.6 Å². The third kappa shape index (κ3) is 21.2. The van der Waals surface area contributed by atoms with Crippen LogP contribution in [0.1, 0.15) is 141 Å². The fourth-order valence-electron chi connectivity index (χ4n) is 5.89. The first-order valence-electron chi connectivity index (χ1n) is 18.0. The molecule has 2 unspecified atom stereocenters. The monoisotopic (exact) mass is 665 g/mol. The largest absolute Gasteiger partial charge is 0.744 e. The Morgan fingerprint density at radius 1 is 0.844 bits per heavy atom. The molecule has 6 nitrogen and oxygen atoms in total. The minimum absolute atomic E-state index is 0.178. The van der Waals surface area contributed by atoms with Crippen LogP contribution in [0, 0.1) is 12.8 Å². The second-order valence-corrected chi connectivity index (χ2v) is 15.1. The van der Waals surface area contributed by atoms with E-state index >= 15 is 0 Å². The molecule has 258 valence electrons. The number of benzene rings is 1. The molecule has 1 fully saturated rings. The Bertz CT molecular complexity index is 1040. The average Bonchev–Trinajstić information content (AvgIpc) is 3.71. The van der Waals surface area contributed by atoms with Gasteiger partial charge in [0.1, 0.15) is 16.7 Å². The van der Waals surface area contributed by atoms with Gasteiger partial charge in [0.25, 0.3) is 0 Å². The fourth-order valence-corrected chi connectivity index (χ4v) is 6.98. The van der Waals surface area contributed by atoms with Crippen molar-refractivity contribution in [3.8, 4) is 0 Å². The summed E-state index contributed by atoms with van der Waals surface area (Å²) in [5, 5.41) is 2.14. The maximum Gasteiger partial charge on any atom is 0.224 e. The van der Waals surface area contributed by atoms with Crippen LogP contribution in [-0.4, -0.2) is 38.9 Å². The van der Waals surface area contributed by atoms with Gasteiger partial charge in [-0.15, -0.1) is 0 Å². The number of aryl methyl sites for hydroxylation is 2. The number of nitrogens with zero attached hydrogens (tertiary/aromatic N) is 1. The molecule has 2 heterocycles. The summed E-state index contributed by atoms with van der Waals surface area (Å²) in [5.74, 6) is 0.778. The Balaban J connectivity index is 0.000000537. The molecule has 0 aliphatic carbocycles. The molecule has 0 N–H and O–H groups in total. The summed E-state index contributed by atoms with van der Waals surface area (Å²) in [7, 11) is -4.27. The molecule has 1 aliphatic heterocycles. The van der Waals surface area contributed by atoms with Crippen molar-refractivity contribution in [2.75, 3.05) is 19.8 Å². The predicted octanol–water partition coefficient (Wildman–Crippen LogP) is 9.79. The first-order chi connectivity index (χ1) is 21.9. The molecule has 1 saturated heterocycles. The maximum atomic E-state index is 10.4. The van der Waals surface area contributed by atoms with Crippen molar-refractivity contribution in [3.63, 3.8) is 0 Å². The van der Waals surface area contributed by atoms with Crippen molar-refractivity contribution in [2.45, 2.75) is 160 Å². The van der Waals surface area contributed by atoms with Gasteiger partial charge in [0, 0.05) is 19.6 Å². The molecule has 0 radical (unpaired) electrons. The lowest BCUT2D eigenvalue weighted by atomic mass is 9.97. The van der Waals surface area contributed by atoms with Crippen molar-refractivity contribution in [3.05, 3.63) is 46.9 Å². The van der Waals surface area contributed by atoms with Crippen molar-refractivity contribution in [1.82, 2.24) is 0 Å². The Kier molecular flexibility index (Phi) is 22.8. The van der Waals surface area contributed by atoms with E-state index in [0.29, 0.717) is 6.10 Å². The van der Waals surface area contributed by atoms with Gasteiger partial charge < -0.3 is 14.0 Å². The van der Waals surface area contributed by atoms with E-state index < -0.39 is 10.1 Å². The van der Waals surface area contributed by atoms with E-state index in [1.54, 1.807) is 23.5 Å². The minimum Gasteiger partial charge on any atom is -0.744 e. The normalized spacial score (nSPS) is 16.5. The van der Waals surface area contributed by atoms with Crippen LogP contribution in [0.2, 0.25) is 0 Å². The number of unbranched alkanes of at least 4 members (excludes halogenated alkanes) is 16. The summed E-state index contributed by atoms with van der Waals surface area (Å²) in [4.78, 5) is -0.178. The number of ether oxygens (including phenoxy) is 2. The summed E-state index contributed by atoms with van der Waals surface area (Å²) in [6, 6.07) is 5.78. The van der Waals surface area contributed by atoms with Gasteiger partial charge in [0.05, 0.1) is 23.0 Å². The molecule has 8 heteroatoms. The fraction of sp³-hybridized carbons (Fsp3) is 0.757. The zero-order valence-electron chi connectivity index (χ0n) is 28.5. The number of rotatable bonds is 25. The molecule has 0 spiro atoms. The quantitative estimate of drug-likeness (QED) is 0.0599. The molecule has 45 heavy (non-hydrogen) atoms. The zero-order chi connectivity index (χ0) is 32.4. The Hall–Kier alpha value is -1.32. The lowest BCUT2D eigenvalue weighted by molar-refractivity contribution is -0.692. The highest BCUT2D eigenvalue weighted by Crippen LogP contribution is 2.25. The molecular formula is C37H63NO5S2. The summed E-state index contributed by atoms with van der Waals surface area (Å²) in [6.45, 7) is 7.94. The minimum atomic E-state index is -4.27. The van der Waals surface area contributed by atoms with Gasteiger partial charge in [-0.1, -0.05) is 132 Å². The van der Waals surface area contributed by atoms with Gasteiger partial charge >= 0.3 is 0 Å². The Labute approximate surface area is 280 Å². The lowest BCUT2D eigenvalue weighted by Crippen LogP contribution is -2.29. The van der Waals surface area contributed by atoms with Gasteiger partial charge in [-0.05, 0) is 50.7 Å². The zero-order valence-corrected chi connectivity index (χ0v) is 30.1. The third-order valence-corrected chi connectivity index (χ3v) is 10.2. The molecule has 2 atom stereocenters. The first-order valence-corrected chi connectivity index (χ1v) is 20.4. The molecule has 2 aromatic rings. The average molecular weight is 666 g/mol. The molecular weight excluding hydrogens is 603 g/mol. The highest BCUT2D eigenvalue weighted by Gasteiger charge is 2.25. The lowest BCUT2D eigenvalue weighted by Gasteiger charge is -2.10. The highest BCUT2D eigenvalue weighted by molar-refractivity contribution is 7.85. The summed E-state index contributed by atoms with van der Waals surface area (Å²) in [5.41, 5.74) is 3.12. The molecule has 1 aromatic heterocycles. The molecule has 1 aromatic carbocycles. The Morgan fingerprint density at radius 3 is 2.00 bits per heavy atom. The predicted molar refractivity (Wildman–Crippen MR) is 186 cm³/mol. The van der Waals surface area contributed by atoms with Crippen LogP contribution >= 0.6 is 11.3 Å². The molecule has 3 rings (SSSR count). The highest BCUT2D eigenvalue weighted by atomic mass is 32.2. The van der Waals surface area contributed by atoms with E-state index in [9.17, 15) is 13.0 Å². The molecule has 1 aliphatic rings. The first kappa shape index (κ1) is 39.9. The van der Waals surface area contributed by atoms with Crippen LogP contribution < -0.4 is 4.57 Å². The Morgan fingerprint density at radius 2 is 1.42 bits per heavy atom. The van der Waals surface area contributed by atoms with Crippen molar-refractivity contribution in [2.24, 2.45) is 5.92 Å².